The van der Waals surface area contributed by atoms with Crippen LogP contribution in [-0.2, 0) is 19.4 Å². The maximum Gasteiger partial charge on any atom is 0.248 e. The van der Waals surface area contributed by atoms with E-state index < -0.39 is 16.4 Å². The van der Waals surface area contributed by atoms with Crippen LogP contribution < -0.4 is 5.73 Å². The fourth-order valence-electron chi connectivity index (χ4n) is 5.88. The number of rotatable bonds is 4. The van der Waals surface area contributed by atoms with Gasteiger partial charge in [0.25, 0.3) is 0 Å². The molecule has 5 rings (SSSR count). The van der Waals surface area contributed by atoms with Crippen LogP contribution in [0.2, 0.25) is 0 Å². The van der Waals surface area contributed by atoms with Gasteiger partial charge in [-0.05, 0) is 44.4 Å². The summed E-state index contributed by atoms with van der Waals surface area (Å²) in [6.45, 7) is 0.840. The Morgan fingerprint density at radius 1 is 1.19 bits per heavy atom. The SMILES string of the molecule is CS(=O)(=O)c1c(C2C[C@H]3CC[C@@H](C2)N3C(=O)CO)nc2c(C3CCOCC3)cnn2c1N. The first-order chi connectivity index (χ1) is 15.3. The van der Waals surface area contributed by atoms with Crippen molar-refractivity contribution in [1.29, 1.82) is 0 Å². The van der Waals surface area contributed by atoms with Gasteiger partial charge < -0.3 is 20.5 Å². The van der Waals surface area contributed by atoms with Crippen LogP contribution in [-0.4, -0.2) is 77.1 Å². The van der Waals surface area contributed by atoms with Crippen molar-refractivity contribution in [2.75, 3.05) is 31.8 Å². The summed E-state index contributed by atoms with van der Waals surface area (Å²) >= 11 is 0. The predicted molar refractivity (Wildman–Crippen MR) is 116 cm³/mol. The third kappa shape index (κ3) is 3.46. The Balaban J connectivity index is 1.61. The molecule has 0 aromatic carbocycles. The highest BCUT2D eigenvalue weighted by atomic mass is 32.2. The molecule has 1 unspecified atom stereocenters. The summed E-state index contributed by atoms with van der Waals surface area (Å²) in [6, 6.07) is -0.0464. The number of nitrogens with zero attached hydrogens (tertiary/aromatic N) is 4. The Morgan fingerprint density at radius 2 is 1.84 bits per heavy atom. The van der Waals surface area contributed by atoms with Crippen LogP contribution >= 0.6 is 0 Å². The summed E-state index contributed by atoms with van der Waals surface area (Å²) in [5.74, 6) is -0.0678. The van der Waals surface area contributed by atoms with Gasteiger partial charge in [0.1, 0.15) is 17.3 Å². The van der Waals surface area contributed by atoms with E-state index >= 15 is 0 Å². The maximum atomic E-state index is 12.8. The quantitative estimate of drug-likeness (QED) is 0.680. The van der Waals surface area contributed by atoms with E-state index in [0.717, 1.165) is 37.5 Å². The highest BCUT2D eigenvalue weighted by Gasteiger charge is 2.45. The number of amides is 1. The third-order valence-corrected chi connectivity index (χ3v) is 8.43. The number of aromatic nitrogens is 3. The van der Waals surface area contributed by atoms with Gasteiger partial charge in [-0.15, -0.1) is 0 Å². The van der Waals surface area contributed by atoms with Crippen molar-refractivity contribution in [1.82, 2.24) is 19.5 Å². The summed E-state index contributed by atoms with van der Waals surface area (Å²) in [6.07, 6.45) is 7.52. The topological polar surface area (TPSA) is 140 Å². The number of hydrogen-bond donors (Lipinski definition) is 2. The van der Waals surface area contributed by atoms with Gasteiger partial charge in [-0.2, -0.15) is 9.61 Å². The van der Waals surface area contributed by atoms with Gasteiger partial charge in [-0.3, -0.25) is 4.79 Å². The number of sulfone groups is 1. The minimum Gasteiger partial charge on any atom is -0.387 e. The second kappa shape index (κ2) is 7.96. The highest BCUT2D eigenvalue weighted by Crippen LogP contribution is 2.45. The van der Waals surface area contributed by atoms with E-state index in [1.807, 2.05) is 0 Å². The monoisotopic (exact) mass is 463 g/mol. The average molecular weight is 464 g/mol. The smallest absolute Gasteiger partial charge is 0.248 e. The lowest BCUT2D eigenvalue weighted by molar-refractivity contribution is -0.138. The average Bonchev–Trinajstić information content (AvgIpc) is 3.31. The molecule has 5 heterocycles. The maximum absolute atomic E-state index is 12.8. The largest absolute Gasteiger partial charge is 0.387 e. The second-order valence-electron chi connectivity index (χ2n) is 9.22. The molecule has 174 valence electrons. The van der Waals surface area contributed by atoms with Crippen LogP contribution in [0.25, 0.3) is 5.65 Å². The lowest BCUT2D eigenvalue weighted by Gasteiger charge is -2.39. The van der Waals surface area contributed by atoms with Gasteiger partial charge in [0, 0.05) is 43.0 Å². The molecule has 2 aromatic heterocycles. The van der Waals surface area contributed by atoms with Crippen LogP contribution in [0, 0.1) is 0 Å². The molecular formula is C21H29N5O5S. The fourth-order valence-corrected chi connectivity index (χ4v) is 6.94. The molecule has 0 radical (unpaired) electrons. The van der Waals surface area contributed by atoms with Crippen molar-refractivity contribution < 1.29 is 23.1 Å². The van der Waals surface area contributed by atoms with Gasteiger partial charge in [-0.1, -0.05) is 0 Å². The van der Waals surface area contributed by atoms with E-state index in [4.69, 9.17) is 15.5 Å². The van der Waals surface area contributed by atoms with Crippen molar-refractivity contribution in [2.45, 2.75) is 67.3 Å². The van der Waals surface area contributed by atoms with E-state index in [-0.39, 0.29) is 40.5 Å². The van der Waals surface area contributed by atoms with E-state index in [2.05, 4.69) is 5.10 Å². The van der Waals surface area contributed by atoms with Gasteiger partial charge in [-0.25, -0.2) is 13.4 Å². The molecule has 10 nitrogen and oxygen atoms in total. The van der Waals surface area contributed by atoms with Gasteiger partial charge in [0.2, 0.25) is 5.91 Å². The lowest BCUT2D eigenvalue weighted by Crippen LogP contribution is -2.47. The molecule has 2 aromatic rings. The third-order valence-electron chi connectivity index (χ3n) is 7.27. The first kappa shape index (κ1) is 21.6. The number of nitrogen functional groups attached to an aromatic ring is 1. The molecule has 3 N–H and O–H groups in total. The summed E-state index contributed by atoms with van der Waals surface area (Å²) in [5, 5.41) is 13.7. The van der Waals surface area contributed by atoms with Crippen LogP contribution in [0.3, 0.4) is 0 Å². The molecule has 0 spiro atoms. The number of aliphatic hydroxyl groups is 1. The standard InChI is InChI=1S/C21H29N5O5S/c1-32(29,30)19-18(13-8-14-2-3-15(9-13)25(14)17(28)11-27)24-21-16(10-23-26(21)20(19)22)12-4-6-31-7-5-12/h10,12-15,27H,2-9,11,22H2,1H3/t13?,14-,15+. The van der Waals surface area contributed by atoms with Crippen molar-refractivity contribution >= 4 is 27.2 Å². The van der Waals surface area contributed by atoms with Crippen LogP contribution in [0.4, 0.5) is 5.82 Å². The summed E-state index contributed by atoms with van der Waals surface area (Å²) < 4.78 is 32.5. The molecule has 32 heavy (non-hydrogen) atoms. The van der Waals surface area contributed by atoms with E-state index in [9.17, 15) is 18.3 Å². The fraction of sp³-hybridized carbons (Fsp3) is 0.667. The number of fused-ring (bicyclic) bond motifs is 3. The molecular weight excluding hydrogens is 434 g/mol. The minimum atomic E-state index is -3.66. The van der Waals surface area contributed by atoms with Crippen molar-refractivity contribution in [3.63, 3.8) is 0 Å². The number of piperidine rings is 1. The van der Waals surface area contributed by atoms with E-state index in [1.54, 1.807) is 11.1 Å². The molecule has 3 saturated heterocycles. The molecule has 11 heteroatoms. The summed E-state index contributed by atoms with van der Waals surface area (Å²) in [5.41, 5.74) is 8.46. The number of carbonyl (C=O) groups is 1. The number of ether oxygens (including phenoxy) is 1. The van der Waals surface area contributed by atoms with E-state index in [0.29, 0.717) is 37.4 Å². The predicted octanol–water partition coefficient (Wildman–Crippen LogP) is 0.838. The van der Waals surface area contributed by atoms with Crippen molar-refractivity contribution in [3.8, 4) is 0 Å². The molecule has 3 aliphatic heterocycles. The Labute approximate surface area is 186 Å². The zero-order chi connectivity index (χ0) is 22.6. The molecule has 2 bridgehead atoms. The Hall–Kier alpha value is -2.24. The first-order valence-electron chi connectivity index (χ1n) is 11.2. The molecule has 0 saturated carbocycles. The zero-order valence-electron chi connectivity index (χ0n) is 18.1. The second-order valence-corrected chi connectivity index (χ2v) is 11.2. The normalized spacial score (nSPS) is 26.7. The van der Waals surface area contributed by atoms with Crippen LogP contribution in [0.1, 0.15) is 61.6 Å². The highest BCUT2D eigenvalue weighted by molar-refractivity contribution is 7.91. The van der Waals surface area contributed by atoms with Crippen LogP contribution in [0.5, 0.6) is 0 Å². The molecule has 3 fully saturated rings. The Bertz CT molecular complexity index is 1140. The van der Waals surface area contributed by atoms with Gasteiger partial charge in [0.05, 0.1) is 11.9 Å². The van der Waals surface area contributed by atoms with Crippen LogP contribution in [0.15, 0.2) is 11.1 Å². The molecule has 3 aliphatic rings. The van der Waals surface area contributed by atoms with Gasteiger partial charge in [0.15, 0.2) is 15.5 Å². The van der Waals surface area contributed by atoms with Crippen molar-refractivity contribution in [3.05, 3.63) is 17.5 Å². The summed E-state index contributed by atoms with van der Waals surface area (Å²) in [7, 11) is -3.66. The summed E-state index contributed by atoms with van der Waals surface area (Å²) in [4.78, 5) is 19.0. The number of aliphatic hydroxyl groups excluding tert-OH is 1. The van der Waals surface area contributed by atoms with Crippen molar-refractivity contribution in [2.24, 2.45) is 0 Å². The number of carbonyl (C=O) groups excluding carboxylic acids is 1. The molecule has 0 aliphatic carbocycles. The number of anilines is 1. The first-order valence-corrected chi connectivity index (χ1v) is 13.1. The number of nitrogens with two attached hydrogens (primary N) is 1. The number of hydrogen-bond acceptors (Lipinski definition) is 8. The molecule has 1 amide bonds. The Morgan fingerprint density at radius 3 is 2.44 bits per heavy atom. The zero-order valence-corrected chi connectivity index (χ0v) is 18.9. The molecule has 3 atom stereocenters. The van der Waals surface area contributed by atoms with E-state index in [1.165, 1.54) is 4.52 Å². The minimum absolute atomic E-state index is 0.0232. The Kier molecular flexibility index (Phi) is 5.37. The van der Waals surface area contributed by atoms with Gasteiger partial charge >= 0.3 is 0 Å². The lowest BCUT2D eigenvalue weighted by atomic mass is 9.87.